The van der Waals surface area contributed by atoms with Crippen molar-refractivity contribution in [2.75, 3.05) is 17.7 Å². The highest BCUT2D eigenvalue weighted by molar-refractivity contribution is 9.10. The van der Waals surface area contributed by atoms with E-state index in [1.165, 1.54) is 11.8 Å². The second-order valence-corrected chi connectivity index (χ2v) is 10.5. The van der Waals surface area contributed by atoms with Crippen LogP contribution in [-0.2, 0) is 4.79 Å². The standard InChI is InChI=1S/C32H27BrN2O4S/c1-2-39-27-16-10-23(11-17-27)30(36)21-40-28-18-14-26(15-19-28)34-32(38)29(20-22-8-12-25(33)13-9-22)35-31(37)24-6-4-3-5-7-24/h3-20H,2,21H2,1H3,(H,34,38)(H,35,37)/b29-20-. The third-order valence-corrected chi connectivity index (χ3v) is 7.22. The van der Waals surface area contributed by atoms with Gasteiger partial charge in [0.2, 0.25) is 0 Å². The monoisotopic (exact) mass is 614 g/mol. The Hall–Kier alpha value is -4.14. The molecule has 0 heterocycles. The molecule has 2 N–H and O–H groups in total. The number of carbonyl (C=O) groups excluding carboxylic acids is 3. The number of amides is 2. The van der Waals surface area contributed by atoms with Gasteiger partial charge in [-0.2, -0.15) is 0 Å². The Labute approximate surface area is 246 Å². The molecule has 0 radical (unpaired) electrons. The summed E-state index contributed by atoms with van der Waals surface area (Å²) in [6.07, 6.45) is 1.62. The zero-order valence-electron chi connectivity index (χ0n) is 21.7. The minimum atomic E-state index is -0.460. The number of Topliss-reactive ketones (excluding diaryl/α,β-unsaturated/α-hetero) is 1. The SMILES string of the molecule is CCOc1ccc(C(=O)CSc2ccc(NC(=O)/C(=C/c3ccc(Br)cc3)NC(=O)c3ccccc3)cc2)cc1. The normalized spacial score (nSPS) is 11.0. The van der Waals surface area contributed by atoms with Crippen molar-refractivity contribution < 1.29 is 19.1 Å². The Kier molecular flexibility index (Phi) is 10.3. The van der Waals surface area contributed by atoms with Gasteiger partial charge in [0.05, 0.1) is 12.4 Å². The van der Waals surface area contributed by atoms with Crippen molar-refractivity contribution in [2.24, 2.45) is 0 Å². The zero-order chi connectivity index (χ0) is 28.3. The van der Waals surface area contributed by atoms with Crippen LogP contribution < -0.4 is 15.4 Å². The van der Waals surface area contributed by atoms with Crippen LogP contribution in [0.5, 0.6) is 5.75 Å². The largest absolute Gasteiger partial charge is 0.494 e. The topological polar surface area (TPSA) is 84.5 Å². The van der Waals surface area contributed by atoms with Gasteiger partial charge in [0.15, 0.2) is 5.78 Å². The van der Waals surface area contributed by atoms with E-state index in [-0.39, 0.29) is 23.1 Å². The molecule has 4 rings (SSSR count). The summed E-state index contributed by atoms with van der Waals surface area (Å²) in [4.78, 5) is 39.5. The number of carbonyl (C=O) groups is 3. The Morgan fingerprint density at radius 1 is 0.825 bits per heavy atom. The predicted octanol–water partition coefficient (Wildman–Crippen LogP) is 7.23. The van der Waals surface area contributed by atoms with Crippen LogP contribution in [-0.4, -0.2) is 30.0 Å². The minimum Gasteiger partial charge on any atom is -0.494 e. The van der Waals surface area contributed by atoms with Crippen molar-refractivity contribution in [1.82, 2.24) is 5.32 Å². The molecule has 0 bridgehead atoms. The van der Waals surface area contributed by atoms with Gasteiger partial charge in [-0.15, -0.1) is 11.8 Å². The maximum Gasteiger partial charge on any atom is 0.272 e. The highest BCUT2D eigenvalue weighted by Gasteiger charge is 2.15. The molecule has 0 aliphatic carbocycles. The van der Waals surface area contributed by atoms with Crippen molar-refractivity contribution >= 4 is 57.1 Å². The lowest BCUT2D eigenvalue weighted by Crippen LogP contribution is -2.30. The molecule has 0 unspecified atom stereocenters. The van der Waals surface area contributed by atoms with Crippen molar-refractivity contribution in [1.29, 1.82) is 0 Å². The summed E-state index contributed by atoms with van der Waals surface area (Å²) in [7, 11) is 0. The summed E-state index contributed by atoms with van der Waals surface area (Å²) in [5.74, 6) is 0.188. The van der Waals surface area contributed by atoms with E-state index in [0.29, 0.717) is 23.4 Å². The van der Waals surface area contributed by atoms with Gasteiger partial charge in [-0.25, -0.2) is 0 Å². The molecule has 40 heavy (non-hydrogen) atoms. The van der Waals surface area contributed by atoms with E-state index in [4.69, 9.17) is 4.74 Å². The Morgan fingerprint density at radius 2 is 1.50 bits per heavy atom. The van der Waals surface area contributed by atoms with Crippen LogP contribution in [0.4, 0.5) is 5.69 Å². The van der Waals surface area contributed by atoms with Crippen LogP contribution in [0.3, 0.4) is 0 Å². The molecule has 4 aromatic rings. The van der Waals surface area contributed by atoms with Crippen LogP contribution in [0, 0.1) is 0 Å². The first-order valence-electron chi connectivity index (χ1n) is 12.5. The number of hydrogen-bond donors (Lipinski definition) is 2. The molecule has 0 fully saturated rings. The lowest BCUT2D eigenvalue weighted by atomic mass is 10.1. The van der Waals surface area contributed by atoms with Crippen LogP contribution in [0.2, 0.25) is 0 Å². The van der Waals surface area contributed by atoms with Crippen molar-refractivity contribution in [3.05, 3.63) is 130 Å². The summed E-state index contributed by atoms with van der Waals surface area (Å²) < 4.78 is 6.33. The number of nitrogens with one attached hydrogen (secondary N) is 2. The highest BCUT2D eigenvalue weighted by atomic mass is 79.9. The maximum atomic E-state index is 13.2. The maximum absolute atomic E-state index is 13.2. The van der Waals surface area contributed by atoms with Gasteiger partial charge in [-0.1, -0.05) is 46.3 Å². The van der Waals surface area contributed by atoms with Crippen molar-refractivity contribution in [3.8, 4) is 5.75 Å². The van der Waals surface area contributed by atoms with Crippen LogP contribution in [0.15, 0.2) is 118 Å². The smallest absolute Gasteiger partial charge is 0.272 e. The fourth-order valence-electron chi connectivity index (χ4n) is 3.64. The quantitative estimate of drug-likeness (QED) is 0.106. The number of rotatable bonds is 11. The van der Waals surface area contributed by atoms with E-state index < -0.39 is 5.91 Å². The number of benzene rings is 4. The summed E-state index contributed by atoms with van der Waals surface area (Å²) in [6, 6.07) is 30.4. The first kappa shape index (κ1) is 28.9. The third-order valence-electron chi connectivity index (χ3n) is 5.68. The van der Waals surface area contributed by atoms with Gasteiger partial charge in [-0.3, -0.25) is 14.4 Å². The zero-order valence-corrected chi connectivity index (χ0v) is 24.1. The number of anilines is 1. The first-order valence-corrected chi connectivity index (χ1v) is 14.3. The number of thioether (sulfide) groups is 1. The highest BCUT2D eigenvalue weighted by Crippen LogP contribution is 2.23. The van der Waals surface area contributed by atoms with Gasteiger partial charge in [0.25, 0.3) is 11.8 Å². The predicted molar refractivity (Wildman–Crippen MR) is 164 cm³/mol. The number of ether oxygens (including phenoxy) is 1. The molecule has 0 saturated heterocycles. The summed E-state index contributed by atoms with van der Waals surface area (Å²) in [5.41, 5.74) is 2.49. The lowest BCUT2D eigenvalue weighted by molar-refractivity contribution is -0.113. The van der Waals surface area contributed by atoms with Gasteiger partial charge < -0.3 is 15.4 Å². The van der Waals surface area contributed by atoms with Crippen LogP contribution in [0.25, 0.3) is 6.08 Å². The molecule has 202 valence electrons. The van der Waals surface area contributed by atoms with Crippen LogP contribution >= 0.6 is 27.7 Å². The minimum absolute atomic E-state index is 0.0160. The second-order valence-electron chi connectivity index (χ2n) is 8.58. The van der Waals surface area contributed by atoms with E-state index in [1.807, 2.05) is 49.4 Å². The molecule has 4 aromatic carbocycles. The lowest BCUT2D eigenvalue weighted by Gasteiger charge is -2.12. The van der Waals surface area contributed by atoms with Crippen molar-refractivity contribution in [3.63, 3.8) is 0 Å². The average molecular weight is 616 g/mol. The molecule has 0 spiro atoms. The van der Waals surface area contributed by atoms with E-state index in [0.717, 1.165) is 20.7 Å². The first-order chi connectivity index (χ1) is 19.4. The molecule has 0 atom stereocenters. The molecule has 0 aliphatic heterocycles. The molecule has 8 heteroatoms. The fourth-order valence-corrected chi connectivity index (χ4v) is 4.69. The van der Waals surface area contributed by atoms with Crippen LogP contribution in [0.1, 0.15) is 33.2 Å². The van der Waals surface area contributed by atoms with E-state index >= 15 is 0 Å². The van der Waals surface area contributed by atoms with Gasteiger partial charge >= 0.3 is 0 Å². The summed E-state index contributed by atoms with van der Waals surface area (Å²) >= 11 is 4.82. The number of halogens is 1. The molecular weight excluding hydrogens is 588 g/mol. The molecule has 0 saturated carbocycles. The Bertz CT molecular complexity index is 1490. The van der Waals surface area contributed by atoms with E-state index in [2.05, 4.69) is 26.6 Å². The van der Waals surface area contributed by atoms with E-state index in [9.17, 15) is 14.4 Å². The Morgan fingerprint density at radius 3 is 2.15 bits per heavy atom. The fraction of sp³-hybridized carbons (Fsp3) is 0.0938. The average Bonchev–Trinajstić information content (AvgIpc) is 2.98. The molecule has 2 amide bonds. The van der Waals surface area contributed by atoms with Gasteiger partial charge in [-0.05, 0) is 91.4 Å². The number of hydrogen-bond acceptors (Lipinski definition) is 5. The molecule has 6 nitrogen and oxygen atoms in total. The van der Waals surface area contributed by atoms with E-state index in [1.54, 1.807) is 66.7 Å². The van der Waals surface area contributed by atoms with Crippen molar-refractivity contribution in [2.45, 2.75) is 11.8 Å². The molecule has 0 aromatic heterocycles. The van der Waals surface area contributed by atoms with Gasteiger partial charge in [0, 0.05) is 26.2 Å². The third kappa shape index (κ3) is 8.43. The molecule has 0 aliphatic rings. The Balaban J connectivity index is 1.40. The summed E-state index contributed by atoms with van der Waals surface area (Å²) in [6.45, 7) is 2.49. The second kappa shape index (κ2) is 14.3. The van der Waals surface area contributed by atoms with Gasteiger partial charge in [0.1, 0.15) is 11.4 Å². The number of ketones is 1. The molecular formula is C32H27BrN2O4S. The summed E-state index contributed by atoms with van der Waals surface area (Å²) in [5, 5.41) is 5.58.